The zero-order chi connectivity index (χ0) is 15.1. The first kappa shape index (κ1) is 17.2. The predicted octanol–water partition coefficient (Wildman–Crippen LogP) is 1.66. The first-order valence-electron chi connectivity index (χ1n) is 7.19. The highest BCUT2D eigenvalue weighted by atomic mass is 35.5. The lowest BCUT2D eigenvalue weighted by atomic mass is 9.87. The van der Waals surface area contributed by atoms with Crippen molar-refractivity contribution in [2.24, 2.45) is 5.41 Å². The largest absolute Gasteiger partial charge is 0.316 e. The fraction of sp³-hybridized carbons (Fsp3) is 0.533. The van der Waals surface area contributed by atoms with Gasteiger partial charge in [-0.05, 0) is 55.5 Å². The first-order chi connectivity index (χ1) is 9.97. The van der Waals surface area contributed by atoms with E-state index in [0.717, 1.165) is 25.9 Å². The Hall–Kier alpha value is -1.13. The molecule has 0 radical (unpaired) electrons. The van der Waals surface area contributed by atoms with Crippen LogP contribution < -0.4 is 5.32 Å². The minimum atomic E-state index is -3.46. The Balaban J connectivity index is 0.00000176. The predicted molar refractivity (Wildman–Crippen MR) is 86.4 cm³/mol. The van der Waals surface area contributed by atoms with Gasteiger partial charge in [0.1, 0.15) is 0 Å². The molecular weight excluding hydrogens is 322 g/mol. The molecule has 2 heterocycles. The number of hydrogen-bond acceptors (Lipinski definition) is 4. The molecule has 0 aromatic heterocycles. The minimum Gasteiger partial charge on any atom is -0.316 e. The SMILES string of the molecule is Cc1cc(C#N)ccc1S(=O)(=O)N1CCC2(CCNC2)C1.Cl. The number of aryl methyl sites for hydroxylation is 1. The van der Waals surface area contributed by atoms with E-state index in [0.29, 0.717) is 29.1 Å². The molecule has 7 heteroatoms. The molecule has 120 valence electrons. The second-order valence-corrected chi connectivity index (χ2v) is 8.01. The summed E-state index contributed by atoms with van der Waals surface area (Å²) < 4.78 is 27.2. The van der Waals surface area contributed by atoms with E-state index in [-0.39, 0.29) is 17.8 Å². The van der Waals surface area contributed by atoms with Crippen molar-refractivity contribution in [1.82, 2.24) is 9.62 Å². The van der Waals surface area contributed by atoms with E-state index in [1.165, 1.54) is 0 Å². The molecule has 1 N–H and O–H groups in total. The van der Waals surface area contributed by atoms with Gasteiger partial charge in [-0.3, -0.25) is 0 Å². The lowest BCUT2D eigenvalue weighted by Gasteiger charge is -2.23. The molecule has 0 saturated carbocycles. The van der Waals surface area contributed by atoms with Crippen molar-refractivity contribution in [2.45, 2.75) is 24.7 Å². The number of nitrogens with one attached hydrogen (secondary N) is 1. The van der Waals surface area contributed by atoms with Gasteiger partial charge in [0, 0.05) is 19.6 Å². The van der Waals surface area contributed by atoms with E-state index < -0.39 is 10.0 Å². The molecule has 2 fully saturated rings. The smallest absolute Gasteiger partial charge is 0.243 e. The summed E-state index contributed by atoms with van der Waals surface area (Å²) in [6.45, 7) is 4.82. The molecule has 1 aromatic rings. The van der Waals surface area contributed by atoms with E-state index in [2.05, 4.69) is 5.32 Å². The highest BCUT2D eigenvalue weighted by molar-refractivity contribution is 7.89. The summed E-state index contributed by atoms with van der Waals surface area (Å²) in [5.41, 5.74) is 1.25. The number of benzene rings is 1. The molecule has 2 aliphatic heterocycles. The Morgan fingerprint density at radius 2 is 2.14 bits per heavy atom. The Morgan fingerprint density at radius 1 is 1.36 bits per heavy atom. The summed E-state index contributed by atoms with van der Waals surface area (Å²) in [5.74, 6) is 0. The van der Waals surface area contributed by atoms with Crippen LogP contribution in [0.15, 0.2) is 23.1 Å². The summed E-state index contributed by atoms with van der Waals surface area (Å²) in [6, 6.07) is 6.80. The number of hydrogen-bond donors (Lipinski definition) is 1. The van der Waals surface area contributed by atoms with Crippen molar-refractivity contribution < 1.29 is 8.42 Å². The van der Waals surface area contributed by atoms with Crippen LogP contribution in [0.4, 0.5) is 0 Å². The van der Waals surface area contributed by atoms with Crippen LogP contribution in [0, 0.1) is 23.7 Å². The normalized spacial score (nSPS) is 25.1. The second-order valence-electron chi connectivity index (χ2n) is 6.11. The first-order valence-corrected chi connectivity index (χ1v) is 8.63. The summed E-state index contributed by atoms with van der Waals surface area (Å²) in [6.07, 6.45) is 1.97. The molecule has 1 unspecified atom stereocenters. The Kier molecular flexibility index (Phi) is 4.83. The van der Waals surface area contributed by atoms with Crippen molar-refractivity contribution in [3.05, 3.63) is 29.3 Å². The molecule has 22 heavy (non-hydrogen) atoms. The van der Waals surface area contributed by atoms with E-state index in [1.807, 2.05) is 6.07 Å². The molecule has 2 aliphatic rings. The summed E-state index contributed by atoms with van der Waals surface area (Å²) in [4.78, 5) is 0.324. The Bertz CT molecular complexity index is 706. The van der Waals surface area contributed by atoms with Crippen LogP contribution in [0.1, 0.15) is 24.0 Å². The van der Waals surface area contributed by atoms with Crippen molar-refractivity contribution in [3.63, 3.8) is 0 Å². The standard InChI is InChI=1S/C15H19N3O2S.ClH/c1-12-8-13(9-16)2-3-14(12)21(19,20)18-7-5-15(11-18)4-6-17-10-15;/h2-3,8,17H,4-7,10-11H2,1H3;1H. The van der Waals surface area contributed by atoms with Gasteiger partial charge in [0.15, 0.2) is 0 Å². The fourth-order valence-corrected chi connectivity index (χ4v) is 5.15. The maximum atomic E-state index is 12.8. The van der Waals surface area contributed by atoms with Crippen LogP contribution in [0.5, 0.6) is 0 Å². The number of rotatable bonds is 2. The number of halogens is 1. The van der Waals surface area contributed by atoms with E-state index in [9.17, 15) is 8.42 Å². The maximum Gasteiger partial charge on any atom is 0.243 e. The fourth-order valence-electron chi connectivity index (χ4n) is 3.39. The average molecular weight is 342 g/mol. The van der Waals surface area contributed by atoms with Crippen LogP contribution >= 0.6 is 12.4 Å². The van der Waals surface area contributed by atoms with Gasteiger partial charge in [0.25, 0.3) is 0 Å². The summed E-state index contributed by atoms with van der Waals surface area (Å²) >= 11 is 0. The topological polar surface area (TPSA) is 73.2 Å². The van der Waals surface area contributed by atoms with Gasteiger partial charge in [-0.1, -0.05) is 0 Å². The number of sulfonamides is 1. The molecule has 1 atom stereocenters. The quantitative estimate of drug-likeness (QED) is 0.888. The molecule has 3 rings (SSSR count). The third-order valence-electron chi connectivity index (χ3n) is 4.66. The highest BCUT2D eigenvalue weighted by Crippen LogP contribution is 2.38. The Labute approximate surface area is 137 Å². The van der Waals surface area contributed by atoms with Gasteiger partial charge in [-0.25, -0.2) is 8.42 Å². The van der Waals surface area contributed by atoms with Crippen LogP contribution in [-0.4, -0.2) is 38.9 Å². The van der Waals surface area contributed by atoms with Gasteiger partial charge >= 0.3 is 0 Å². The summed E-state index contributed by atoms with van der Waals surface area (Å²) in [5, 5.41) is 12.2. The van der Waals surface area contributed by atoms with Gasteiger partial charge in [-0.2, -0.15) is 9.57 Å². The molecule has 0 amide bonds. The van der Waals surface area contributed by atoms with Gasteiger partial charge in [0.05, 0.1) is 16.5 Å². The van der Waals surface area contributed by atoms with Crippen molar-refractivity contribution in [3.8, 4) is 6.07 Å². The zero-order valence-corrected chi connectivity index (χ0v) is 14.1. The molecule has 1 spiro atoms. The zero-order valence-electron chi connectivity index (χ0n) is 12.5. The molecule has 2 saturated heterocycles. The van der Waals surface area contributed by atoms with Crippen LogP contribution in [0.25, 0.3) is 0 Å². The van der Waals surface area contributed by atoms with Crippen molar-refractivity contribution in [2.75, 3.05) is 26.2 Å². The van der Waals surface area contributed by atoms with Gasteiger partial charge in [0.2, 0.25) is 10.0 Å². The third kappa shape index (κ3) is 2.86. The van der Waals surface area contributed by atoms with E-state index in [4.69, 9.17) is 5.26 Å². The maximum absolute atomic E-state index is 12.8. The third-order valence-corrected chi connectivity index (χ3v) is 6.66. The lowest BCUT2D eigenvalue weighted by molar-refractivity contribution is 0.338. The van der Waals surface area contributed by atoms with Gasteiger partial charge in [-0.15, -0.1) is 12.4 Å². The van der Waals surface area contributed by atoms with Crippen LogP contribution in [0.2, 0.25) is 0 Å². The Morgan fingerprint density at radius 3 is 2.73 bits per heavy atom. The van der Waals surface area contributed by atoms with Crippen LogP contribution in [0.3, 0.4) is 0 Å². The molecule has 0 aliphatic carbocycles. The van der Waals surface area contributed by atoms with Crippen LogP contribution in [-0.2, 0) is 10.0 Å². The summed E-state index contributed by atoms with van der Waals surface area (Å²) in [7, 11) is -3.46. The van der Waals surface area contributed by atoms with E-state index >= 15 is 0 Å². The van der Waals surface area contributed by atoms with Gasteiger partial charge < -0.3 is 5.32 Å². The monoisotopic (exact) mass is 341 g/mol. The molecular formula is C15H20ClN3O2S. The number of nitrogens with zero attached hydrogens (tertiary/aromatic N) is 2. The minimum absolute atomic E-state index is 0. The number of nitriles is 1. The molecule has 5 nitrogen and oxygen atoms in total. The second kappa shape index (κ2) is 6.17. The highest BCUT2D eigenvalue weighted by Gasteiger charge is 2.44. The molecule has 0 bridgehead atoms. The van der Waals surface area contributed by atoms with Crippen molar-refractivity contribution in [1.29, 1.82) is 5.26 Å². The van der Waals surface area contributed by atoms with Crippen molar-refractivity contribution >= 4 is 22.4 Å². The average Bonchev–Trinajstić information content (AvgIpc) is 3.09. The lowest BCUT2D eigenvalue weighted by Crippen LogP contribution is -2.33. The van der Waals surface area contributed by atoms with E-state index in [1.54, 1.807) is 29.4 Å². The molecule has 1 aromatic carbocycles.